The molecule has 0 saturated heterocycles. The van der Waals surface area contributed by atoms with E-state index in [1.165, 1.54) is 20.8 Å². The zero-order valence-corrected chi connectivity index (χ0v) is 58.1. The quantitative estimate of drug-likeness (QED) is 0.0398. The molecule has 0 saturated carbocycles. The number of rotatable bonds is 47. The third kappa shape index (κ3) is 34.2. The van der Waals surface area contributed by atoms with Crippen LogP contribution in [0.2, 0.25) is 0 Å². The van der Waals surface area contributed by atoms with E-state index in [9.17, 15) is 62.6 Å². The van der Waals surface area contributed by atoms with Crippen molar-refractivity contribution >= 4 is 70.9 Å². The number of benzene rings is 1. The smallest absolute Gasteiger partial charge is 0.326 e. The van der Waals surface area contributed by atoms with Gasteiger partial charge in [-0.3, -0.25) is 52.7 Å². The fourth-order valence-electron chi connectivity index (χ4n) is 10.1. The minimum atomic E-state index is -1.29. The Morgan fingerprint density at radius 2 is 0.553 bits per heavy atom. The number of nitrogens with two attached hydrogens (primary N) is 4. The zero-order chi connectivity index (χ0) is 71.4. The highest BCUT2D eigenvalue weighted by Gasteiger charge is 2.36. The largest absolute Gasteiger partial charge is 0.480 e. The summed E-state index contributed by atoms with van der Waals surface area (Å²) in [5, 5.41) is 39.2. The summed E-state index contributed by atoms with van der Waals surface area (Å²) in [5.41, 5.74) is 24.4. The van der Waals surface area contributed by atoms with Gasteiger partial charge in [0.2, 0.25) is 65.0 Å². The van der Waals surface area contributed by atoms with Crippen LogP contribution in [0.3, 0.4) is 0 Å². The van der Waals surface area contributed by atoms with E-state index >= 15 is 0 Å². The number of hydrogen-bond donors (Lipinski definition) is 16. The van der Waals surface area contributed by atoms with Gasteiger partial charge in [0.25, 0.3) is 0 Å². The van der Waals surface area contributed by atoms with Crippen LogP contribution in [-0.2, 0) is 64.0 Å². The molecule has 0 fully saturated rings. The first-order valence-corrected chi connectivity index (χ1v) is 33.6. The number of amides is 11. The molecular formula is C66H117N15O13. The molecule has 0 aliphatic heterocycles. The van der Waals surface area contributed by atoms with Crippen LogP contribution < -0.4 is 81.4 Å². The normalized spacial score (nSPS) is 15.3. The molecule has 0 aliphatic rings. The van der Waals surface area contributed by atoms with Crippen LogP contribution in [0.25, 0.3) is 0 Å². The summed E-state index contributed by atoms with van der Waals surface area (Å²) in [6, 6.07) is -5.03. The first-order valence-electron chi connectivity index (χ1n) is 33.6. The summed E-state index contributed by atoms with van der Waals surface area (Å²) in [7, 11) is 0. The lowest BCUT2D eigenvalue weighted by molar-refractivity contribution is -0.142. The maximum Gasteiger partial charge on any atom is 0.326 e. The molecule has 0 bridgehead atoms. The Kier molecular flexibility index (Phi) is 40.7. The number of nitrogens with one attached hydrogen (secondary N) is 11. The predicted octanol–water partition coefficient (Wildman–Crippen LogP) is 0.651. The van der Waals surface area contributed by atoms with Crippen LogP contribution in [0.5, 0.6) is 0 Å². The molecule has 534 valence electrons. The van der Waals surface area contributed by atoms with Crippen LogP contribution in [0.4, 0.5) is 0 Å². The fourth-order valence-corrected chi connectivity index (χ4v) is 10.1. The molecule has 12 atom stereocenters. The van der Waals surface area contributed by atoms with Crippen molar-refractivity contribution in [3.63, 3.8) is 0 Å². The summed E-state index contributed by atoms with van der Waals surface area (Å²) in [5.74, 6) is -9.70. The second-order valence-corrected chi connectivity index (χ2v) is 26.8. The lowest BCUT2D eigenvalue weighted by Gasteiger charge is -2.29. The molecule has 1 aromatic carbocycles. The Morgan fingerprint density at radius 3 is 0.830 bits per heavy atom. The lowest BCUT2D eigenvalue weighted by atomic mass is 9.99. The molecule has 0 radical (unpaired) electrons. The number of carbonyl (C=O) groups is 12. The van der Waals surface area contributed by atoms with Gasteiger partial charge in [-0.2, -0.15) is 0 Å². The number of carboxylic acid groups (broad SMARTS) is 1. The van der Waals surface area contributed by atoms with Gasteiger partial charge in [0.1, 0.15) is 66.5 Å². The van der Waals surface area contributed by atoms with E-state index in [1.807, 2.05) is 85.7 Å². The van der Waals surface area contributed by atoms with E-state index in [4.69, 9.17) is 22.9 Å². The first kappa shape index (κ1) is 84.7. The van der Waals surface area contributed by atoms with Crippen LogP contribution in [0.15, 0.2) is 30.3 Å². The van der Waals surface area contributed by atoms with Gasteiger partial charge in [-0.1, -0.05) is 99.6 Å². The van der Waals surface area contributed by atoms with Crippen molar-refractivity contribution in [2.75, 3.05) is 19.6 Å². The second kappa shape index (κ2) is 45.1. The number of hydrogen-bond acceptors (Lipinski definition) is 16. The lowest BCUT2D eigenvalue weighted by Crippen LogP contribution is -2.60. The summed E-state index contributed by atoms with van der Waals surface area (Å²) in [6.45, 7) is 23.4. The molecule has 0 heterocycles. The van der Waals surface area contributed by atoms with E-state index < -0.39 is 143 Å². The number of aliphatic carboxylic acids is 1. The second-order valence-electron chi connectivity index (χ2n) is 26.8. The van der Waals surface area contributed by atoms with Gasteiger partial charge in [-0.15, -0.1) is 0 Å². The van der Waals surface area contributed by atoms with Gasteiger partial charge in [-0.25, -0.2) is 4.79 Å². The maximum atomic E-state index is 14.4. The summed E-state index contributed by atoms with van der Waals surface area (Å²) >= 11 is 0. The minimum absolute atomic E-state index is 0.0564. The molecule has 0 unspecified atom stereocenters. The van der Waals surface area contributed by atoms with E-state index in [0.717, 1.165) is 5.56 Å². The minimum Gasteiger partial charge on any atom is -0.480 e. The van der Waals surface area contributed by atoms with Gasteiger partial charge < -0.3 is 86.5 Å². The van der Waals surface area contributed by atoms with Crippen LogP contribution in [-0.4, -0.2) is 168 Å². The standard InChI is InChI=1S/C66H117N15O13/c1-37(2)31-50(77-55(82)42(11)71-58(85)46(70)36-45-23-15-14-16-24-45)64(91)79-52(33-39(5)6)62(89)75-48(26-18-21-29-68)60(87)72-43(12)56(83)78-51(32-38(3)4)65(92)80-53(34-40(7)8)63(90)76-49(27-19-22-30-69)61(88)74-47(25-17-20-28-67)59(86)73-44(13)57(84)81-54(66(93)94)35-41(9)10/h14-16,23-24,37-44,46-54H,17-22,25-36,67-70H2,1-13H3,(H,71,85)(H,72,87)(H,73,86)(H,74,88)(H,75,89)(H,76,90)(H,77,82)(H,78,83)(H,79,91)(H,80,92)(H,81,84)(H,93,94)/t42-,43-,44-,46-,47-,48-,49-,50-,51-,52-,53-,54-/m0/s1. The molecule has 1 aromatic rings. The van der Waals surface area contributed by atoms with Crippen molar-refractivity contribution in [3.05, 3.63) is 35.9 Å². The van der Waals surface area contributed by atoms with Crippen molar-refractivity contribution in [1.29, 1.82) is 0 Å². The highest BCUT2D eigenvalue weighted by molar-refractivity contribution is 5.99. The third-order valence-corrected chi connectivity index (χ3v) is 15.3. The van der Waals surface area contributed by atoms with Crippen molar-refractivity contribution in [3.8, 4) is 0 Å². The average Bonchev–Trinajstić information content (AvgIpc) is 0.940. The molecule has 28 nitrogen and oxygen atoms in total. The summed E-state index contributed by atoms with van der Waals surface area (Å²) in [4.78, 5) is 165. The maximum absolute atomic E-state index is 14.4. The van der Waals surface area contributed by atoms with Crippen molar-refractivity contribution in [1.82, 2.24) is 58.5 Å². The Hall–Kier alpha value is -7.30. The molecule has 94 heavy (non-hydrogen) atoms. The van der Waals surface area contributed by atoms with Crippen molar-refractivity contribution in [2.24, 2.45) is 52.5 Å². The molecule has 0 spiro atoms. The summed E-state index contributed by atoms with van der Waals surface area (Å²) in [6.07, 6.45) is 3.76. The molecular weight excluding hydrogens is 1210 g/mol. The van der Waals surface area contributed by atoms with Gasteiger partial charge in [0.05, 0.1) is 6.04 Å². The average molecular weight is 1330 g/mol. The van der Waals surface area contributed by atoms with Crippen LogP contribution >= 0.6 is 0 Å². The van der Waals surface area contributed by atoms with E-state index in [-0.39, 0.29) is 100 Å². The molecule has 0 aliphatic carbocycles. The predicted molar refractivity (Wildman–Crippen MR) is 360 cm³/mol. The molecule has 0 aromatic heterocycles. The van der Waals surface area contributed by atoms with Gasteiger partial charge in [0, 0.05) is 0 Å². The first-order chi connectivity index (χ1) is 44.1. The van der Waals surface area contributed by atoms with Crippen LogP contribution in [0, 0.1) is 29.6 Å². The number of carboxylic acids is 1. The monoisotopic (exact) mass is 1330 g/mol. The van der Waals surface area contributed by atoms with Crippen molar-refractivity contribution in [2.45, 2.75) is 259 Å². The topological polar surface area (TPSA) is 461 Å². The van der Waals surface area contributed by atoms with Gasteiger partial charge in [0.15, 0.2) is 0 Å². The van der Waals surface area contributed by atoms with Gasteiger partial charge in [-0.05, 0) is 172 Å². The number of unbranched alkanes of at least 4 members (excludes halogenated alkanes) is 3. The van der Waals surface area contributed by atoms with Crippen molar-refractivity contribution < 1.29 is 62.6 Å². The third-order valence-electron chi connectivity index (χ3n) is 15.3. The van der Waals surface area contributed by atoms with E-state index in [2.05, 4.69) is 58.5 Å². The summed E-state index contributed by atoms with van der Waals surface area (Å²) < 4.78 is 0. The zero-order valence-electron chi connectivity index (χ0n) is 58.1. The van der Waals surface area contributed by atoms with Gasteiger partial charge >= 0.3 is 5.97 Å². The highest BCUT2D eigenvalue weighted by Crippen LogP contribution is 2.15. The Balaban J connectivity index is 3.40. The molecule has 11 amide bonds. The van der Waals surface area contributed by atoms with Crippen LogP contribution in [0.1, 0.15) is 185 Å². The Labute approximate surface area is 556 Å². The van der Waals surface area contributed by atoms with E-state index in [0.29, 0.717) is 45.1 Å². The molecule has 1 rings (SSSR count). The Bertz CT molecular complexity index is 2560. The fraction of sp³-hybridized carbons (Fsp3) is 0.727. The Morgan fingerprint density at radius 1 is 0.319 bits per heavy atom. The number of carbonyl (C=O) groups excluding carboxylic acids is 11. The molecule has 28 heteroatoms. The van der Waals surface area contributed by atoms with E-state index in [1.54, 1.807) is 13.8 Å². The highest BCUT2D eigenvalue weighted by atomic mass is 16.4. The molecule has 20 N–H and O–H groups in total. The SMILES string of the molecule is CC(C)C[C@H](NC(=O)[C@H](C)NC(=O)[C@H](CCCCN)NC(=O)[C@H](CCCCN)NC(=O)[C@H](CC(C)C)NC(=O)[C@H](CC(C)C)NC(=O)[C@H](C)NC(=O)[C@H](CCCCN)NC(=O)[C@H](CC(C)C)NC(=O)[C@H](CC(C)C)NC(=O)[C@H](C)NC(=O)[C@@H](N)Cc1ccccc1)C(=O)O.